The molecule has 0 unspecified atom stereocenters. The number of methoxy groups -OCH3 is 1. The van der Waals surface area contributed by atoms with Crippen LogP contribution in [0.3, 0.4) is 0 Å². The van der Waals surface area contributed by atoms with Crippen molar-refractivity contribution in [3.05, 3.63) is 59.7 Å². The summed E-state index contributed by atoms with van der Waals surface area (Å²) in [6.07, 6.45) is -3.91. The highest BCUT2D eigenvalue weighted by molar-refractivity contribution is 7.92. The van der Waals surface area contributed by atoms with E-state index in [2.05, 4.69) is 5.32 Å². The number of nitrogens with one attached hydrogen (secondary N) is 1. The van der Waals surface area contributed by atoms with Crippen LogP contribution >= 0.6 is 0 Å². The Hall–Kier alpha value is -3.28. The molecule has 1 atom stereocenters. The standard InChI is InChI=1S/C25H32F3N3O5S/c1-17(23(33)29-24(2,3)4)30(15-18-10-12-21(36-5)13-11-18)22(32)16-31(37(6,34)35)20-9-7-8-19(14-20)25(26,27)28/h7-14,17H,15-16H2,1-6H3,(H,29,33)/t17-/m0/s1. The maximum Gasteiger partial charge on any atom is 0.416 e. The Morgan fingerprint density at radius 3 is 2.14 bits per heavy atom. The van der Waals surface area contributed by atoms with Gasteiger partial charge in [-0.15, -0.1) is 0 Å². The van der Waals surface area contributed by atoms with Gasteiger partial charge < -0.3 is 15.0 Å². The van der Waals surface area contributed by atoms with E-state index in [0.717, 1.165) is 18.4 Å². The predicted octanol–water partition coefficient (Wildman–Crippen LogP) is 3.81. The maximum atomic E-state index is 13.5. The van der Waals surface area contributed by atoms with Gasteiger partial charge in [-0.1, -0.05) is 18.2 Å². The summed E-state index contributed by atoms with van der Waals surface area (Å²) in [4.78, 5) is 27.6. The van der Waals surface area contributed by atoms with Crippen LogP contribution in [0.4, 0.5) is 18.9 Å². The van der Waals surface area contributed by atoms with Crippen LogP contribution in [-0.4, -0.2) is 56.6 Å². The SMILES string of the molecule is COc1ccc(CN(C(=O)CN(c2cccc(C(F)(F)F)c2)S(C)(=O)=O)[C@@H](C)C(=O)NC(C)(C)C)cc1. The van der Waals surface area contributed by atoms with Crippen LogP contribution < -0.4 is 14.4 Å². The summed E-state index contributed by atoms with van der Waals surface area (Å²) < 4.78 is 70.6. The van der Waals surface area contributed by atoms with Gasteiger partial charge in [-0.2, -0.15) is 13.2 Å². The van der Waals surface area contributed by atoms with Crippen molar-refractivity contribution in [2.45, 2.75) is 52.0 Å². The number of carbonyl (C=O) groups is 2. The van der Waals surface area contributed by atoms with Gasteiger partial charge in [0.25, 0.3) is 0 Å². The molecule has 0 aromatic heterocycles. The van der Waals surface area contributed by atoms with Gasteiger partial charge in [0.1, 0.15) is 18.3 Å². The molecule has 0 saturated heterocycles. The first-order valence-electron chi connectivity index (χ1n) is 11.3. The summed E-state index contributed by atoms with van der Waals surface area (Å²) in [5.74, 6) is -0.664. The second kappa shape index (κ2) is 11.4. The molecular weight excluding hydrogens is 511 g/mol. The van der Waals surface area contributed by atoms with Gasteiger partial charge in [0, 0.05) is 12.1 Å². The molecule has 8 nitrogen and oxygen atoms in total. The first-order chi connectivity index (χ1) is 16.9. The van der Waals surface area contributed by atoms with Crippen molar-refractivity contribution >= 4 is 27.5 Å². The van der Waals surface area contributed by atoms with Gasteiger partial charge in [-0.3, -0.25) is 13.9 Å². The minimum atomic E-state index is -4.71. The Bertz CT molecular complexity index is 1210. The summed E-state index contributed by atoms with van der Waals surface area (Å²) >= 11 is 0. The number of sulfonamides is 1. The fourth-order valence-corrected chi connectivity index (χ4v) is 4.28. The lowest BCUT2D eigenvalue weighted by Gasteiger charge is -2.33. The molecule has 0 heterocycles. The van der Waals surface area contributed by atoms with E-state index in [0.29, 0.717) is 21.7 Å². The lowest BCUT2D eigenvalue weighted by Crippen LogP contribution is -2.54. The number of amides is 2. The van der Waals surface area contributed by atoms with E-state index in [1.807, 2.05) is 0 Å². The third-order valence-electron chi connectivity index (χ3n) is 5.32. The van der Waals surface area contributed by atoms with Crippen molar-refractivity contribution in [3.8, 4) is 5.75 Å². The topological polar surface area (TPSA) is 96.0 Å². The van der Waals surface area contributed by atoms with Crippen molar-refractivity contribution in [1.29, 1.82) is 0 Å². The van der Waals surface area contributed by atoms with Crippen LogP contribution in [0.15, 0.2) is 48.5 Å². The molecule has 0 saturated carbocycles. The number of carbonyl (C=O) groups excluding carboxylic acids is 2. The van der Waals surface area contributed by atoms with E-state index in [9.17, 15) is 31.2 Å². The fourth-order valence-electron chi connectivity index (χ4n) is 3.44. The fraction of sp³-hybridized carbons (Fsp3) is 0.440. The van der Waals surface area contributed by atoms with Crippen LogP contribution in [0.25, 0.3) is 0 Å². The van der Waals surface area contributed by atoms with Crippen LogP contribution in [0.1, 0.15) is 38.8 Å². The lowest BCUT2D eigenvalue weighted by molar-refractivity contribution is -0.140. The molecule has 0 spiro atoms. The van der Waals surface area contributed by atoms with E-state index in [-0.39, 0.29) is 12.2 Å². The summed E-state index contributed by atoms with van der Waals surface area (Å²) in [5.41, 5.74) is -1.34. The minimum Gasteiger partial charge on any atom is -0.497 e. The Kier molecular flexibility index (Phi) is 9.23. The predicted molar refractivity (Wildman–Crippen MR) is 135 cm³/mol. The number of benzene rings is 2. The number of nitrogens with zero attached hydrogens (tertiary/aromatic N) is 2. The second-order valence-corrected chi connectivity index (χ2v) is 11.5. The zero-order valence-electron chi connectivity index (χ0n) is 21.6. The summed E-state index contributed by atoms with van der Waals surface area (Å²) in [5, 5.41) is 2.79. The number of rotatable bonds is 9. The first kappa shape index (κ1) is 29.9. The van der Waals surface area contributed by atoms with E-state index in [1.165, 1.54) is 25.0 Å². The number of halogens is 3. The smallest absolute Gasteiger partial charge is 0.416 e. The van der Waals surface area contributed by atoms with Crippen LogP contribution in [0, 0.1) is 0 Å². The molecule has 0 fully saturated rings. The molecule has 12 heteroatoms. The minimum absolute atomic E-state index is 0.0538. The highest BCUT2D eigenvalue weighted by Gasteiger charge is 2.34. The molecule has 37 heavy (non-hydrogen) atoms. The Morgan fingerprint density at radius 1 is 1.05 bits per heavy atom. The van der Waals surface area contributed by atoms with Crippen LogP contribution in [0.5, 0.6) is 5.75 Å². The molecule has 2 rings (SSSR count). The molecule has 0 aliphatic carbocycles. The number of hydrogen-bond acceptors (Lipinski definition) is 5. The second-order valence-electron chi connectivity index (χ2n) is 9.60. The van der Waals surface area contributed by atoms with Crippen molar-refractivity contribution < 1.29 is 35.9 Å². The third-order valence-corrected chi connectivity index (χ3v) is 6.46. The van der Waals surface area contributed by atoms with Crippen LogP contribution in [-0.2, 0) is 32.3 Å². The zero-order valence-corrected chi connectivity index (χ0v) is 22.4. The molecule has 2 amide bonds. The molecule has 204 valence electrons. The molecule has 2 aromatic carbocycles. The first-order valence-corrected chi connectivity index (χ1v) is 13.2. The summed E-state index contributed by atoms with van der Waals surface area (Å²) in [6, 6.07) is 9.41. The molecule has 0 aliphatic heterocycles. The van der Waals surface area contributed by atoms with Gasteiger partial charge in [-0.25, -0.2) is 8.42 Å². The maximum absolute atomic E-state index is 13.5. The van der Waals surface area contributed by atoms with Crippen molar-refractivity contribution in [2.24, 2.45) is 0 Å². The van der Waals surface area contributed by atoms with Gasteiger partial charge in [0.05, 0.1) is 24.6 Å². The van der Waals surface area contributed by atoms with E-state index < -0.39 is 51.7 Å². The number of ether oxygens (including phenoxy) is 1. The Morgan fingerprint density at radius 2 is 1.65 bits per heavy atom. The summed E-state index contributed by atoms with van der Waals surface area (Å²) in [6.45, 7) is 5.95. The molecule has 2 aromatic rings. The number of hydrogen-bond donors (Lipinski definition) is 1. The summed E-state index contributed by atoms with van der Waals surface area (Å²) in [7, 11) is -2.67. The van der Waals surface area contributed by atoms with Crippen molar-refractivity contribution in [2.75, 3.05) is 24.2 Å². The highest BCUT2D eigenvalue weighted by atomic mass is 32.2. The van der Waals surface area contributed by atoms with E-state index >= 15 is 0 Å². The molecule has 1 N–H and O–H groups in total. The quantitative estimate of drug-likeness (QED) is 0.519. The largest absolute Gasteiger partial charge is 0.497 e. The lowest BCUT2D eigenvalue weighted by atomic mass is 10.1. The average molecular weight is 544 g/mol. The Balaban J connectivity index is 2.45. The normalized spacial score (nSPS) is 13.0. The van der Waals surface area contributed by atoms with E-state index in [4.69, 9.17) is 4.74 Å². The third kappa shape index (κ3) is 8.66. The Labute approximate surface area is 215 Å². The van der Waals surface area contributed by atoms with Gasteiger partial charge in [-0.05, 0) is 63.6 Å². The monoisotopic (exact) mass is 543 g/mol. The molecule has 0 aliphatic rings. The number of alkyl halides is 3. The van der Waals surface area contributed by atoms with Gasteiger partial charge >= 0.3 is 6.18 Å². The zero-order chi connectivity index (χ0) is 28.2. The van der Waals surface area contributed by atoms with Gasteiger partial charge in [0.15, 0.2) is 0 Å². The number of anilines is 1. The molecular formula is C25H32F3N3O5S. The molecule has 0 bridgehead atoms. The van der Waals surface area contributed by atoms with Crippen molar-refractivity contribution in [1.82, 2.24) is 10.2 Å². The van der Waals surface area contributed by atoms with Gasteiger partial charge in [0.2, 0.25) is 21.8 Å². The van der Waals surface area contributed by atoms with E-state index in [1.54, 1.807) is 45.0 Å². The highest BCUT2D eigenvalue weighted by Crippen LogP contribution is 2.32. The van der Waals surface area contributed by atoms with Crippen molar-refractivity contribution in [3.63, 3.8) is 0 Å². The van der Waals surface area contributed by atoms with Crippen LogP contribution in [0.2, 0.25) is 0 Å². The molecule has 0 radical (unpaired) electrons. The average Bonchev–Trinajstić information content (AvgIpc) is 2.78.